The van der Waals surface area contributed by atoms with Gasteiger partial charge in [-0.1, -0.05) is 0 Å². The molecular weight excluding hydrogens is 188 g/mol. The van der Waals surface area contributed by atoms with Gasteiger partial charge in [-0.05, 0) is 34.6 Å². The van der Waals surface area contributed by atoms with Gasteiger partial charge in [-0.15, -0.1) is 0 Å². The van der Waals surface area contributed by atoms with Crippen molar-refractivity contribution < 1.29 is 4.74 Å². The molecule has 3 nitrogen and oxygen atoms in total. The molecule has 0 aliphatic carbocycles. The molecule has 0 unspecified atom stereocenters. The molecule has 3 heteroatoms. The Kier molecular flexibility index (Phi) is 2.99. The van der Waals surface area contributed by atoms with E-state index in [0.29, 0.717) is 11.3 Å². The van der Waals surface area contributed by atoms with Crippen LogP contribution in [0, 0.1) is 25.2 Å². The average Bonchev–Trinajstić information content (AvgIpc) is 1.99. The Morgan fingerprint density at radius 3 is 2.40 bits per heavy atom. The van der Waals surface area contributed by atoms with Gasteiger partial charge in [0.05, 0.1) is 5.69 Å². The number of ether oxygens (including phenoxy) is 1. The summed E-state index contributed by atoms with van der Waals surface area (Å²) in [5, 5.41) is 9.02. The van der Waals surface area contributed by atoms with E-state index in [1.54, 1.807) is 6.07 Å². The lowest BCUT2D eigenvalue weighted by Gasteiger charge is -2.22. The summed E-state index contributed by atoms with van der Waals surface area (Å²) in [6, 6.07) is 3.93. The van der Waals surface area contributed by atoms with Crippen molar-refractivity contribution in [2.75, 3.05) is 0 Å². The summed E-state index contributed by atoms with van der Waals surface area (Å²) < 4.78 is 5.72. The normalized spacial score (nSPS) is 10.9. The number of nitriles is 1. The van der Waals surface area contributed by atoms with Crippen LogP contribution in [0.15, 0.2) is 6.07 Å². The van der Waals surface area contributed by atoms with E-state index in [1.165, 1.54) is 0 Å². The summed E-state index contributed by atoms with van der Waals surface area (Å²) in [5.74, 6) is 0.620. The van der Waals surface area contributed by atoms with E-state index in [-0.39, 0.29) is 5.60 Å². The Morgan fingerprint density at radius 2 is 1.93 bits per heavy atom. The number of pyridine rings is 1. The number of hydrogen-bond acceptors (Lipinski definition) is 3. The van der Waals surface area contributed by atoms with Crippen LogP contribution in [0.1, 0.15) is 37.7 Å². The number of nitrogens with zero attached hydrogens (tertiary/aromatic N) is 2. The number of hydrogen-bond donors (Lipinski definition) is 0. The number of aromatic nitrogens is 1. The molecule has 1 aromatic rings. The minimum Gasteiger partial charge on any atom is -0.487 e. The summed E-state index contributed by atoms with van der Waals surface area (Å²) in [6.07, 6.45) is 0. The zero-order valence-electron chi connectivity index (χ0n) is 9.88. The Bertz CT molecular complexity index is 411. The zero-order valence-corrected chi connectivity index (χ0v) is 9.88. The predicted molar refractivity (Wildman–Crippen MR) is 58.8 cm³/mol. The first-order valence-electron chi connectivity index (χ1n) is 4.91. The standard InChI is InChI=1S/C12H16N2O/c1-8-6-11(15-12(3,4)5)10(7-13)9(2)14-8/h6H,1-5H3. The minimum atomic E-state index is -0.300. The largest absolute Gasteiger partial charge is 0.487 e. The van der Waals surface area contributed by atoms with E-state index in [0.717, 1.165) is 11.4 Å². The third-order valence-electron chi connectivity index (χ3n) is 1.82. The van der Waals surface area contributed by atoms with Crippen LogP contribution in [0.25, 0.3) is 0 Å². The van der Waals surface area contributed by atoms with Crippen LogP contribution in [0.3, 0.4) is 0 Å². The summed E-state index contributed by atoms with van der Waals surface area (Å²) >= 11 is 0. The van der Waals surface area contributed by atoms with Crippen molar-refractivity contribution in [1.29, 1.82) is 5.26 Å². The fourth-order valence-corrected chi connectivity index (χ4v) is 1.34. The molecule has 0 atom stereocenters. The maximum atomic E-state index is 9.02. The van der Waals surface area contributed by atoms with Crippen LogP contribution in [0.4, 0.5) is 0 Å². The highest BCUT2D eigenvalue weighted by Gasteiger charge is 2.16. The van der Waals surface area contributed by atoms with Gasteiger partial charge in [-0.2, -0.15) is 5.26 Å². The zero-order chi connectivity index (χ0) is 11.6. The molecule has 1 rings (SSSR count). The van der Waals surface area contributed by atoms with Crippen LogP contribution in [-0.4, -0.2) is 10.6 Å². The lowest BCUT2D eigenvalue weighted by atomic mass is 10.1. The second-order valence-electron chi connectivity index (χ2n) is 4.55. The number of aryl methyl sites for hydroxylation is 2. The summed E-state index contributed by atoms with van der Waals surface area (Å²) in [6.45, 7) is 9.59. The van der Waals surface area contributed by atoms with Crippen molar-refractivity contribution in [3.63, 3.8) is 0 Å². The molecule has 0 saturated heterocycles. The Labute approximate surface area is 90.7 Å². The molecule has 0 bridgehead atoms. The molecule has 0 radical (unpaired) electrons. The minimum absolute atomic E-state index is 0.300. The SMILES string of the molecule is Cc1cc(OC(C)(C)C)c(C#N)c(C)n1. The van der Waals surface area contributed by atoms with Gasteiger partial charge in [0.2, 0.25) is 0 Å². The van der Waals surface area contributed by atoms with E-state index in [1.807, 2.05) is 34.6 Å². The fraction of sp³-hybridized carbons (Fsp3) is 0.500. The molecular formula is C12H16N2O. The molecule has 0 fully saturated rings. The van der Waals surface area contributed by atoms with Crippen LogP contribution in [-0.2, 0) is 0 Å². The highest BCUT2D eigenvalue weighted by atomic mass is 16.5. The van der Waals surface area contributed by atoms with Crippen molar-refractivity contribution in [3.8, 4) is 11.8 Å². The highest BCUT2D eigenvalue weighted by Crippen LogP contribution is 2.25. The van der Waals surface area contributed by atoms with Crippen LogP contribution in [0.2, 0.25) is 0 Å². The van der Waals surface area contributed by atoms with E-state index < -0.39 is 0 Å². The van der Waals surface area contributed by atoms with E-state index in [9.17, 15) is 0 Å². The smallest absolute Gasteiger partial charge is 0.141 e. The topological polar surface area (TPSA) is 45.9 Å². The summed E-state index contributed by atoms with van der Waals surface area (Å²) in [5.41, 5.74) is 1.81. The molecule has 1 heterocycles. The van der Waals surface area contributed by atoms with Crippen molar-refractivity contribution in [3.05, 3.63) is 23.0 Å². The predicted octanol–water partition coefficient (Wildman–Crippen LogP) is 2.75. The molecule has 1 aromatic heterocycles. The molecule has 0 aliphatic heterocycles. The first-order valence-corrected chi connectivity index (χ1v) is 4.91. The van der Waals surface area contributed by atoms with Gasteiger partial charge in [-0.25, -0.2) is 0 Å². The summed E-state index contributed by atoms with van der Waals surface area (Å²) in [7, 11) is 0. The van der Waals surface area contributed by atoms with E-state index in [4.69, 9.17) is 10.00 Å². The first-order chi connectivity index (χ1) is 6.83. The van der Waals surface area contributed by atoms with Crippen molar-refractivity contribution in [1.82, 2.24) is 4.98 Å². The van der Waals surface area contributed by atoms with Gasteiger partial charge in [0.25, 0.3) is 0 Å². The second-order valence-corrected chi connectivity index (χ2v) is 4.55. The number of rotatable bonds is 1. The van der Waals surface area contributed by atoms with E-state index in [2.05, 4.69) is 11.1 Å². The molecule has 80 valence electrons. The maximum absolute atomic E-state index is 9.02. The van der Waals surface area contributed by atoms with Gasteiger partial charge in [0.1, 0.15) is 23.0 Å². The van der Waals surface area contributed by atoms with Crippen LogP contribution >= 0.6 is 0 Å². The van der Waals surface area contributed by atoms with Crippen LogP contribution in [0.5, 0.6) is 5.75 Å². The van der Waals surface area contributed by atoms with Gasteiger partial charge < -0.3 is 4.74 Å². The van der Waals surface area contributed by atoms with Crippen LogP contribution < -0.4 is 4.74 Å². The monoisotopic (exact) mass is 204 g/mol. The summed E-state index contributed by atoms with van der Waals surface area (Å²) in [4.78, 5) is 4.23. The molecule has 0 aromatic carbocycles. The quantitative estimate of drug-likeness (QED) is 0.706. The highest BCUT2D eigenvalue weighted by molar-refractivity contribution is 5.46. The average molecular weight is 204 g/mol. The van der Waals surface area contributed by atoms with Gasteiger partial charge in [0.15, 0.2) is 0 Å². The Morgan fingerprint density at radius 1 is 1.33 bits per heavy atom. The first kappa shape index (κ1) is 11.5. The van der Waals surface area contributed by atoms with Crippen molar-refractivity contribution in [2.45, 2.75) is 40.2 Å². The van der Waals surface area contributed by atoms with Gasteiger partial charge in [-0.3, -0.25) is 4.98 Å². The Hall–Kier alpha value is -1.56. The third kappa shape index (κ3) is 2.95. The lowest BCUT2D eigenvalue weighted by Crippen LogP contribution is -2.23. The molecule has 0 amide bonds. The van der Waals surface area contributed by atoms with Gasteiger partial charge >= 0.3 is 0 Å². The second kappa shape index (κ2) is 3.90. The lowest BCUT2D eigenvalue weighted by molar-refractivity contribution is 0.130. The third-order valence-corrected chi connectivity index (χ3v) is 1.82. The van der Waals surface area contributed by atoms with Gasteiger partial charge in [0, 0.05) is 11.8 Å². The molecule has 0 spiro atoms. The molecule has 15 heavy (non-hydrogen) atoms. The molecule has 0 N–H and O–H groups in total. The fourth-order valence-electron chi connectivity index (χ4n) is 1.34. The van der Waals surface area contributed by atoms with E-state index >= 15 is 0 Å². The van der Waals surface area contributed by atoms with Crippen molar-refractivity contribution in [2.24, 2.45) is 0 Å². The molecule has 0 saturated carbocycles. The maximum Gasteiger partial charge on any atom is 0.141 e. The Balaban J connectivity index is 3.23. The molecule has 0 aliphatic rings. The van der Waals surface area contributed by atoms with Crippen molar-refractivity contribution >= 4 is 0 Å².